The summed E-state index contributed by atoms with van der Waals surface area (Å²) in [5.41, 5.74) is 3.58. The summed E-state index contributed by atoms with van der Waals surface area (Å²) < 4.78 is 5.40. The van der Waals surface area contributed by atoms with Crippen LogP contribution in [-0.4, -0.2) is 31.3 Å². The number of aryl methyl sites for hydroxylation is 2. The molecule has 0 spiro atoms. The molecule has 1 aromatic rings. The molecule has 0 amide bonds. The molecule has 1 rings (SSSR count). The zero-order valence-corrected chi connectivity index (χ0v) is 12.1. The number of rotatable bonds is 7. The minimum atomic E-state index is -0.767. The first-order valence-electron chi connectivity index (χ1n) is 6.53. The summed E-state index contributed by atoms with van der Waals surface area (Å²) in [6.45, 7) is 7.06. The van der Waals surface area contributed by atoms with Crippen molar-refractivity contribution in [2.75, 3.05) is 20.2 Å². The van der Waals surface area contributed by atoms with Crippen molar-refractivity contribution in [1.82, 2.24) is 5.32 Å². The zero-order chi connectivity index (χ0) is 14.4. The van der Waals surface area contributed by atoms with Gasteiger partial charge in [-0.05, 0) is 49.6 Å². The Bertz CT molecular complexity index is 443. The van der Waals surface area contributed by atoms with Crippen molar-refractivity contribution in [3.05, 3.63) is 28.8 Å². The lowest BCUT2D eigenvalue weighted by molar-refractivity contribution is -0.140. The second kappa shape index (κ2) is 7.14. The second-order valence-electron chi connectivity index (χ2n) is 4.96. The summed E-state index contributed by atoms with van der Waals surface area (Å²) in [6, 6.07) is 4.17. The summed E-state index contributed by atoms with van der Waals surface area (Å²) in [4.78, 5) is 10.7. The number of hydrogen-bond acceptors (Lipinski definition) is 3. The molecular weight excluding hydrogens is 242 g/mol. The molecule has 0 aliphatic heterocycles. The molecule has 19 heavy (non-hydrogen) atoms. The highest BCUT2D eigenvalue weighted by Crippen LogP contribution is 2.24. The first-order chi connectivity index (χ1) is 8.95. The van der Waals surface area contributed by atoms with E-state index in [9.17, 15) is 4.79 Å². The van der Waals surface area contributed by atoms with Crippen molar-refractivity contribution in [1.29, 1.82) is 0 Å². The van der Waals surface area contributed by atoms with Crippen LogP contribution >= 0.6 is 0 Å². The van der Waals surface area contributed by atoms with Gasteiger partial charge in [-0.15, -0.1) is 0 Å². The molecule has 2 N–H and O–H groups in total. The molecule has 4 nitrogen and oxygen atoms in total. The van der Waals surface area contributed by atoms with Gasteiger partial charge < -0.3 is 15.2 Å². The van der Waals surface area contributed by atoms with Gasteiger partial charge in [0.25, 0.3) is 0 Å². The van der Waals surface area contributed by atoms with E-state index >= 15 is 0 Å². The Morgan fingerprint density at radius 2 is 2.11 bits per heavy atom. The predicted molar refractivity (Wildman–Crippen MR) is 75.8 cm³/mol. The van der Waals surface area contributed by atoms with Crippen LogP contribution in [0.5, 0.6) is 5.75 Å². The van der Waals surface area contributed by atoms with Gasteiger partial charge >= 0.3 is 5.97 Å². The van der Waals surface area contributed by atoms with Gasteiger partial charge in [0.1, 0.15) is 5.75 Å². The minimum Gasteiger partial charge on any atom is -0.496 e. The highest BCUT2D eigenvalue weighted by Gasteiger charge is 2.11. The maximum atomic E-state index is 10.7. The van der Waals surface area contributed by atoms with Gasteiger partial charge in [-0.3, -0.25) is 4.79 Å². The molecular formula is C15H23NO3. The van der Waals surface area contributed by atoms with Crippen molar-refractivity contribution in [3.8, 4) is 5.75 Å². The third-order valence-corrected chi connectivity index (χ3v) is 3.22. The topological polar surface area (TPSA) is 58.6 Å². The van der Waals surface area contributed by atoms with Crippen LogP contribution in [0.25, 0.3) is 0 Å². The third-order valence-electron chi connectivity index (χ3n) is 3.22. The Hall–Kier alpha value is -1.55. The third kappa shape index (κ3) is 4.56. The molecule has 0 aromatic heterocycles. The van der Waals surface area contributed by atoms with Gasteiger partial charge in [-0.25, -0.2) is 0 Å². The summed E-state index contributed by atoms with van der Waals surface area (Å²) in [5, 5.41) is 12.0. The normalized spacial score (nSPS) is 12.2. The van der Waals surface area contributed by atoms with E-state index in [2.05, 4.69) is 18.3 Å². The SMILES string of the molecule is COc1cc(C)cc(C)c1CCNCC(C)C(=O)O. The van der Waals surface area contributed by atoms with Gasteiger partial charge in [0.2, 0.25) is 0 Å². The molecule has 0 radical (unpaired) electrons. The van der Waals surface area contributed by atoms with E-state index in [4.69, 9.17) is 9.84 Å². The number of carbonyl (C=O) groups is 1. The molecule has 0 saturated heterocycles. The molecule has 0 fully saturated rings. The van der Waals surface area contributed by atoms with Crippen LogP contribution in [0, 0.1) is 19.8 Å². The number of carboxylic acids is 1. The molecule has 1 unspecified atom stereocenters. The maximum Gasteiger partial charge on any atom is 0.307 e. The minimum absolute atomic E-state index is 0.360. The van der Waals surface area contributed by atoms with E-state index in [1.165, 1.54) is 16.7 Å². The largest absolute Gasteiger partial charge is 0.496 e. The van der Waals surface area contributed by atoms with Crippen LogP contribution in [0.15, 0.2) is 12.1 Å². The smallest absolute Gasteiger partial charge is 0.307 e. The van der Waals surface area contributed by atoms with E-state index in [0.717, 1.165) is 18.7 Å². The number of aliphatic carboxylic acids is 1. The van der Waals surface area contributed by atoms with Crippen LogP contribution in [0.1, 0.15) is 23.6 Å². The van der Waals surface area contributed by atoms with Crippen molar-refractivity contribution < 1.29 is 14.6 Å². The summed E-state index contributed by atoms with van der Waals surface area (Å²) >= 11 is 0. The number of ether oxygens (including phenoxy) is 1. The molecule has 0 aliphatic carbocycles. The molecule has 1 atom stereocenters. The van der Waals surface area contributed by atoms with Crippen LogP contribution < -0.4 is 10.1 Å². The fourth-order valence-corrected chi connectivity index (χ4v) is 2.08. The Kier molecular flexibility index (Phi) is 5.83. The van der Waals surface area contributed by atoms with Crippen molar-refractivity contribution in [3.63, 3.8) is 0 Å². The van der Waals surface area contributed by atoms with Crippen LogP contribution in [-0.2, 0) is 11.2 Å². The first kappa shape index (κ1) is 15.5. The van der Waals surface area contributed by atoms with Gasteiger partial charge in [-0.2, -0.15) is 0 Å². The van der Waals surface area contributed by atoms with Crippen molar-refractivity contribution in [2.45, 2.75) is 27.2 Å². The Labute approximate surface area is 114 Å². The maximum absolute atomic E-state index is 10.7. The Balaban J connectivity index is 2.56. The molecule has 0 saturated carbocycles. The van der Waals surface area contributed by atoms with Gasteiger partial charge in [0.05, 0.1) is 13.0 Å². The van der Waals surface area contributed by atoms with Crippen LogP contribution in [0.3, 0.4) is 0 Å². The predicted octanol–water partition coefficient (Wildman–Crippen LogP) is 2.16. The van der Waals surface area contributed by atoms with E-state index in [0.29, 0.717) is 6.54 Å². The lowest BCUT2D eigenvalue weighted by Crippen LogP contribution is -2.28. The molecule has 0 aliphatic rings. The zero-order valence-electron chi connectivity index (χ0n) is 12.1. The quantitative estimate of drug-likeness (QED) is 0.742. The average molecular weight is 265 g/mol. The van der Waals surface area contributed by atoms with Crippen LogP contribution in [0.4, 0.5) is 0 Å². The highest BCUT2D eigenvalue weighted by molar-refractivity contribution is 5.69. The monoisotopic (exact) mass is 265 g/mol. The molecule has 0 bridgehead atoms. The number of benzene rings is 1. The van der Waals surface area contributed by atoms with Gasteiger partial charge in [0.15, 0.2) is 0 Å². The summed E-state index contributed by atoms with van der Waals surface area (Å²) in [7, 11) is 1.68. The number of nitrogens with one attached hydrogen (secondary N) is 1. The second-order valence-corrected chi connectivity index (χ2v) is 4.96. The average Bonchev–Trinajstić information content (AvgIpc) is 2.35. The van der Waals surface area contributed by atoms with E-state index in [-0.39, 0.29) is 5.92 Å². The van der Waals surface area contributed by atoms with Crippen LogP contribution in [0.2, 0.25) is 0 Å². The number of carboxylic acid groups (broad SMARTS) is 1. The number of hydrogen-bond donors (Lipinski definition) is 2. The number of methoxy groups -OCH3 is 1. The molecule has 0 heterocycles. The highest BCUT2D eigenvalue weighted by atomic mass is 16.5. The van der Waals surface area contributed by atoms with Crippen molar-refractivity contribution >= 4 is 5.97 Å². The molecule has 106 valence electrons. The summed E-state index contributed by atoms with van der Waals surface area (Å²) in [5.74, 6) is -0.219. The van der Waals surface area contributed by atoms with E-state index < -0.39 is 5.97 Å². The Morgan fingerprint density at radius 1 is 1.42 bits per heavy atom. The molecule has 4 heteroatoms. The Morgan fingerprint density at radius 3 is 2.68 bits per heavy atom. The lowest BCUT2D eigenvalue weighted by atomic mass is 10.0. The lowest BCUT2D eigenvalue weighted by Gasteiger charge is -2.14. The van der Waals surface area contributed by atoms with Gasteiger partial charge in [-0.1, -0.05) is 13.0 Å². The fourth-order valence-electron chi connectivity index (χ4n) is 2.08. The standard InChI is InChI=1S/C15H23NO3/c1-10-7-11(2)13(14(8-10)19-4)5-6-16-9-12(3)15(17)18/h7-8,12,16H,5-6,9H2,1-4H3,(H,17,18). The van der Waals surface area contributed by atoms with E-state index in [1.54, 1.807) is 14.0 Å². The molecule has 1 aromatic carbocycles. The van der Waals surface area contributed by atoms with Crippen molar-refractivity contribution in [2.24, 2.45) is 5.92 Å². The summed E-state index contributed by atoms with van der Waals surface area (Å²) in [6.07, 6.45) is 0.835. The fraction of sp³-hybridized carbons (Fsp3) is 0.533. The van der Waals surface area contributed by atoms with Gasteiger partial charge in [0, 0.05) is 6.54 Å². The first-order valence-corrected chi connectivity index (χ1v) is 6.53. The van der Waals surface area contributed by atoms with E-state index in [1.807, 2.05) is 13.0 Å².